The summed E-state index contributed by atoms with van der Waals surface area (Å²) in [5, 5.41) is 0. The van der Waals surface area contributed by atoms with E-state index in [4.69, 9.17) is 14.2 Å². The van der Waals surface area contributed by atoms with E-state index in [1.165, 1.54) is 334 Å². The van der Waals surface area contributed by atoms with Gasteiger partial charge in [0.25, 0.3) is 0 Å². The Kier molecular flexibility index (Phi) is 69.0. The number of hydrogen-bond donors (Lipinski definition) is 0. The van der Waals surface area contributed by atoms with E-state index in [-0.39, 0.29) is 31.1 Å². The van der Waals surface area contributed by atoms with Crippen LogP contribution in [0, 0.1) is 0 Å². The quantitative estimate of drug-likeness (QED) is 0.0261. The zero-order valence-electron chi connectivity index (χ0n) is 55.4. The molecule has 0 aliphatic carbocycles. The normalized spacial score (nSPS) is 12.0. The predicted molar refractivity (Wildman–Crippen MR) is 353 cm³/mol. The number of carbonyl (C=O) groups excluding carboxylic acids is 3. The lowest BCUT2D eigenvalue weighted by molar-refractivity contribution is -0.167. The number of carbonyl (C=O) groups is 3. The number of esters is 3. The van der Waals surface area contributed by atoms with Crippen molar-refractivity contribution in [2.24, 2.45) is 0 Å². The van der Waals surface area contributed by atoms with Gasteiger partial charge in [-0.2, -0.15) is 0 Å². The van der Waals surface area contributed by atoms with Crippen LogP contribution in [0.4, 0.5) is 0 Å². The lowest BCUT2D eigenvalue weighted by Crippen LogP contribution is -2.30. The highest BCUT2D eigenvalue weighted by Crippen LogP contribution is 2.19. The second kappa shape index (κ2) is 70.6. The maximum Gasteiger partial charge on any atom is 0.306 e. The van der Waals surface area contributed by atoms with Crippen molar-refractivity contribution in [1.29, 1.82) is 0 Å². The number of allylic oxidation sites excluding steroid dienone is 2. The first kappa shape index (κ1) is 79.2. The van der Waals surface area contributed by atoms with Crippen molar-refractivity contribution in [2.45, 2.75) is 438 Å². The van der Waals surface area contributed by atoms with Crippen LogP contribution in [0.2, 0.25) is 0 Å². The molecule has 0 aromatic heterocycles. The van der Waals surface area contributed by atoms with E-state index in [9.17, 15) is 14.4 Å². The van der Waals surface area contributed by atoms with Crippen LogP contribution >= 0.6 is 0 Å². The third-order valence-electron chi connectivity index (χ3n) is 17.3. The van der Waals surface area contributed by atoms with Gasteiger partial charge in [-0.1, -0.05) is 380 Å². The molecule has 1 atom stereocenters. The molecular weight excluding hydrogens is 997 g/mol. The molecule has 6 nitrogen and oxygen atoms in total. The largest absolute Gasteiger partial charge is 0.462 e. The maximum absolute atomic E-state index is 12.9. The standard InChI is InChI=1S/C75H144O6/c1-4-7-10-13-16-19-21-23-25-27-29-31-33-35-37-38-39-41-42-44-46-48-50-52-54-56-59-62-65-68-74(77)80-71-72(70-79-73(76)67-64-61-58-18-15-12-9-6-3)81-75(78)69-66-63-60-57-55-53-51-49-47-45-43-40-36-34-32-30-28-26-24-22-20-17-14-11-8-5-2/h27,29,72H,4-26,28,30-71H2,1-3H3/b29-27-. The Balaban J connectivity index is 4.01. The van der Waals surface area contributed by atoms with Crippen molar-refractivity contribution in [3.05, 3.63) is 12.2 Å². The molecule has 0 saturated carbocycles. The summed E-state index contributed by atoms with van der Waals surface area (Å²) in [5.74, 6) is -0.832. The Hall–Kier alpha value is -1.85. The molecule has 0 aliphatic heterocycles. The van der Waals surface area contributed by atoms with Gasteiger partial charge in [-0.05, 0) is 44.9 Å². The van der Waals surface area contributed by atoms with Gasteiger partial charge in [0.15, 0.2) is 6.10 Å². The van der Waals surface area contributed by atoms with Crippen LogP contribution in [-0.4, -0.2) is 37.2 Å². The minimum Gasteiger partial charge on any atom is -0.462 e. The van der Waals surface area contributed by atoms with E-state index < -0.39 is 6.10 Å². The monoisotopic (exact) mass is 1140 g/mol. The topological polar surface area (TPSA) is 78.9 Å². The molecule has 0 rings (SSSR count). The highest BCUT2D eigenvalue weighted by molar-refractivity contribution is 5.71. The zero-order valence-corrected chi connectivity index (χ0v) is 55.4. The van der Waals surface area contributed by atoms with Gasteiger partial charge in [-0.15, -0.1) is 0 Å². The molecule has 6 heteroatoms. The predicted octanol–water partition coefficient (Wildman–Crippen LogP) is 25.6. The molecule has 0 aromatic rings. The van der Waals surface area contributed by atoms with E-state index in [0.29, 0.717) is 19.3 Å². The van der Waals surface area contributed by atoms with Crippen molar-refractivity contribution in [1.82, 2.24) is 0 Å². The van der Waals surface area contributed by atoms with E-state index in [1.807, 2.05) is 0 Å². The second-order valence-corrected chi connectivity index (χ2v) is 25.6. The fourth-order valence-corrected chi connectivity index (χ4v) is 11.7. The maximum atomic E-state index is 12.9. The Morgan fingerprint density at radius 3 is 0.617 bits per heavy atom. The number of ether oxygens (including phenoxy) is 3. The van der Waals surface area contributed by atoms with Gasteiger partial charge in [0.1, 0.15) is 13.2 Å². The van der Waals surface area contributed by atoms with Gasteiger partial charge in [-0.3, -0.25) is 14.4 Å². The molecule has 1 unspecified atom stereocenters. The summed E-state index contributed by atoms with van der Waals surface area (Å²) in [4.78, 5) is 38.3. The molecule has 0 radical (unpaired) electrons. The van der Waals surface area contributed by atoms with Crippen LogP contribution in [0.3, 0.4) is 0 Å². The molecule has 0 N–H and O–H groups in total. The molecule has 0 amide bonds. The summed E-state index contributed by atoms with van der Waals surface area (Å²) in [6, 6.07) is 0. The molecule has 480 valence electrons. The molecule has 0 aliphatic rings. The van der Waals surface area contributed by atoms with Gasteiger partial charge in [0.05, 0.1) is 0 Å². The minimum atomic E-state index is -0.764. The van der Waals surface area contributed by atoms with Crippen molar-refractivity contribution >= 4 is 17.9 Å². The lowest BCUT2D eigenvalue weighted by atomic mass is 10.0. The van der Waals surface area contributed by atoms with Crippen molar-refractivity contribution in [3.63, 3.8) is 0 Å². The number of unbranched alkanes of at least 4 members (excludes halogenated alkanes) is 57. The van der Waals surface area contributed by atoms with Gasteiger partial charge in [0.2, 0.25) is 0 Å². The average Bonchev–Trinajstić information content (AvgIpc) is 3.47. The zero-order chi connectivity index (χ0) is 58.5. The average molecular weight is 1140 g/mol. The van der Waals surface area contributed by atoms with E-state index in [2.05, 4.69) is 32.9 Å². The molecule has 0 bridgehead atoms. The fourth-order valence-electron chi connectivity index (χ4n) is 11.7. The summed E-state index contributed by atoms with van der Waals surface area (Å²) < 4.78 is 16.9. The first-order chi connectivity index (χ1) is 40.0. The van der Waals surface area contributed by atoms with Gasteiger partial charge < -0.3 is 14.2 Å². The van der Waals surface area contributed by atoms with Crippen LogP contribution in [0.5, 0.6) is 0 Å². The Labute approximate surface area is 507 Å². The molecule has 0 spiro atoms. The highest BCUT2D eigenvalue weighted by Gasteiger charge is 2.20. The second-order valence-electron chi connectivity index (χ2n) is 25.6. The Morgan fingerprint density at radius 1 is 0.235 bits per heavy atom. The van der Waals surface area contributed by atoms with E-state index in [0.717, 1.165) is 57.8 Å². The fraction of sp³-hybridized carbons (Fsp3) is 0.933. The Morgan fingerprint density at radius 2 is 0.407 bits per heavy atom. The third kappa shape index (κ3) is 68.8. The molecule has 0 heterocycles. The van der Waals surface area contributed by atoms with Crippen LogP contribution in [0.25, 0.3) is 0 Å². The molecule has 0 fully saturated rings. The summed E-state index contributed by atoms with van der Waals surface area (Å²) in [6.07, 6.45) is 85.7. The van der Waals surface area contributed by atoms with Crippen molar-refractivity contribution < 1.29 is 28.6 Å². The van der Waals surface area contributed by atoms with Crippen molar-refractivity contribution in [2.75, 3.05) is 13.2 Å². The Bertz CT molecular complexity index is 1260. The summed E-state index contributed by atoms with van der Waals surface area (Å²) in [6.45, 7) is 6.70. The lowest BCUT2D eigenvalue weighted by Gasteiger charge is -2.18. The summed E-state index contributed by atoms with van der Waals surface area (Å²) in [5.41, 5.74) is 0. The van der Waals surface area contributed by atoms with Crippen LogP contribution < -0.4 is 0 Å². The van der Waals surface area contributed by atoms with Crippen LogP contribution in [0.15, 0.2) is 12.2 Å². The molecule has 0 aromatic carbocycles. The van der Waals surface area contributed by atoms with Crippen LogP contribution in [-0.2, 0) is 28.6 Å². The molecule has 0 saturated heterocycles. The molecule has 81 heavy (non-hydrogen) atoms. The van der Waals surface area contributed by atoms with Crippen LogP contribution in [0.1, 0.15) is 432 Å². The third-order valence-corrected chi connectivity index (χ3v) is 17.3. The smallest absolute Gasteiger partial charge is 0.306 e. The van der Waals surface area contributed by atoms with Gasteiger partial charge in [0, 0.05) is 19.3 Å². The summed E-state index contributed by atoms with van der Waals surface area (Å²) in [7, 11) is 0. The first-order valence-electron chi connectivity index (χ1n) is 37.2. The van der Waals surface area contributed by atoms with Gasteiger partial charge in [-0.25, -0.2) is 0 Å². The SMILES string of the molecule is CCCCCCCCCC/C=C\CCCCCCCCCCCCCCCCCCCC(=O)OCC(COC(=O)CCCCCCCCCC)OC(=O)CCCCCCCCCCCCCCCCCCCCCCCCCCCC. The van der Waals surface area contributed by atoms with E-state index >= 15 is 0 Å². The molecular formula is C75H144O6. The number of hydrogen-bond acceptors (Lipinski definition) is 6. The van der Waals surface area contributed by atoms with Crippen molar-refractivity contribution in [3.8, 4) is 0 Å². The summed E-state index contributed by atoms with van der Waals surface area (Å²) >= 11 is 0. The highest BCUT2D eigenvalue weighted by atomic mass is 16.6. The minimum absolute atomic E-state index is 0.0626. The van der Waals surface area contributed by atoms with E-state index in [1.54, 1.807) is 0 Å². The number of rotatable bonds is 70. The first-order valence-corrected chi connectivity index (χ1v) is 37.2. The van der Waals surface area contributed by atoms with Gasteiger partial charge >= 0.3 is 17.9 Å².